The molecule has 0 fully saturated rings. The predicted molar refractivity (Wildman–Crippen MR) is 118 cm³/mol. The highest BCUT2D eigenvalue weighted by Crippen LogP contribution is 2.22. The maximum absolute atomic E-state index is 5.61. The second kappa shape index (κ2) is 7.41. The van der Waals surface area contributed by atoms with Crippen molar-refractivity contribution in [2.75, 3.05) is 0 Å². The van der Waals surface area contributed by atoms with Gasteiger partial charge < -0.3 is 9.40 Å². The molecule has 0 radical (unpaired) electrons. The van der Waals surface area contributed by atoms with Gasteiger partial charge in [-0.1, -0.05) is 30.3 Å². The van der Waals surface area contributed by atoms with Gasteiger partial charge in [-0.15, -0.1) is 11.3 Å². The summed E-state index contributed by atoms with van der Waals surface area (Å²) >= 11 is 1.53. The zero-order valence-corrected chi connectivity index (χ0v) is 16.6. The summed E-state index contributed by atoms with van der Waals surface area (Å²) in [5, 5.41) is 7.90. The van der Waals surface area contributed by atoms with Crippen molar-refractivity contribution in [2.45, 2.75) is 6.92 Å². The SMILES string of the molecule is Cc1cccc(N=c2scc(-c3ccco3)n2N=Cc2c[nH]c3ccccc23)c1. The summed E-state index contributed by atoms with van der Waals surface area (Å²) in [4.78, 5) is 8.87. The third kappa shape index (κ3) is 3.46. The van der Waals surface area contributed by atoms with Crippen molar-refractivity contribution in [2.24, 2.45) is 10.1 Å². The Labute approximate surface area is 171 Å². The van der Waals surface area contributed by atoms with Gasteiger partial charge in [0, 0.05) is 28.0 Å². The maximum Gasteiger partial charge on any atom is 0.211 e. The Kier molecular flexibility index (Phi) is 4.46. The van der Waals surface area contributed by atoms with Crippen molar-refractivity contribution in [3.05, 3.63) is 94.4 Å². The van der Waals surface area contributed by atoms with Crippen LogP contribution in [0.4, 0.5) is 5.69 Å². The fraction of sp³-hybridized carbons (Fsp3) is 0.0435. The predicted octanol–water partition coefficient (Wildman–Crippen LogP) is 5.71. The molecule has 6 heteroatoms. The highest BCUT2D eigenvalue weighted by atomic mass is 32.1. The molecule has 0 unspecified atom stereocenters. The van der Waals surface area contributed by atoms with Gasteiger partial charge in [-0.25, -0.2) is 9.67 Å². The molecule has 5 rings (SSSR count). The Morgan fingerprint density at radius 1 is 1.07 bits per heavy atom. The third-order valence-electron chi connectivity index (χ3n) is 4.62. The van der Waals surface area contributed by atoms with Gasteiger partial charge in [0.05, 0.1) is 18.2 Å². The van der Waals surface area contributed by atoms with Crippen molar-refractivity contribution in [1.82, 2.24) is 9.66 Å². The topological polar surface area (TPSA) is 58.6 Å². The second-order valence-corrected chi connectivity index (χ2v) is 7.51. The lowest BCUT2D eigenvalue weighted by molar-refractivity contribution is 0.575. The maximum atomic E-state index is 5.61. The Balaban J connectivity index is 1.64. The van der Waals surface area contributed by atoms with Gasteiger partial charge in [0.25, 0.3) is 0 Å². The van der Waals surface area contributed by atoms with E-state index in [1.165, 1.54) is 16.9 Å². The number of aryl methyl sites for hydroxylation is 1. The lowest BCUT2D eigenvalue weighted by Gasteiger charge is -2.01. The van der Waals surface area contributed by atoms with Crippen LogP contribution in [0.25, 0.3) is 22.4 Å². The van der Waals surface area contributed by atoms with Crippen LogP contribution in [0, 0.1) is 6.92 Å². The Hall–Kier alpha value is -3.64. The van der Waals surface area contributed by atoms with E-state index < -0.39 is 0 Å². The molecule has 3 aromatic heterocycles. The number of H-pyrrole nitrogens is 1. The van der Waals surface area contributed by atoms with E-state index in [9.17, 15) is 0 Å². The molecule has 5 nitrogen and oxygen atoms in total. The van der Waals surface area contributed by atoms with Crippen LogP contribution in [-0.2, 0) is 0 Å². The average molecular weight is 398 g/mol. The zero-order chi connectivity index (χ0) is 19.6. The molecule has 142 valence electrons. The highest BCUT2D eigenvalue weighted by Gasteiger charge is 2.10. The Bertz CT molecular complexity index is 1370. The lowest BCUT2D eigenvalue weighted by Crippen LogP contribution is -2.11. The lowest BCUT2D eigenvalue weighted by atomic mass is 10.2. The molecule has 0 aliphatic heterocycles. The van der Waals surface area contributed by atoms with Crippen LogP contribution in [0.1, 0.15) is 11.1 Å². The average Bonchev–Trinajstić information content (AvgIpc) is 3.46. The van der Waals surface area contributed by atoms with Gasteiger partial charge in [0.15, 0.2) is 5.76 Å². The first-order valence-corrected chi connectivity index (χ1v) is 10.1. The first-order chi connectivity index (χ1) is 14.3. The number of thiazole rings is 1. The molecule has 2 aromatic carbocycles. The first-order valence-electron chi connectivity index (χ1n) is 9.24. The van der Waals surface area contributed by atoms with E-state index in [4.69, 9.17) is 14.5 Å². The number of aromatic amines is 1. The third-order valence-corrected chi connectivity index (χ3v) is 5.44. The van der Waals surface area contributed by atoms with Crippen molar-refractivity contribution in [1.29, 1.82) is 0 Å². The van der Waals surface area contributed by atoms with Crippen LogP contribution in [0.15, 0.2) is 93.0 Å². The summed E-state index contributed by atoms with van der Waals surface area (Å²) in [6, 6.07) is 20.1. The van der Waals surface area contributed by atoms with Gasteiger partial charge >= 0.3 is 0 Å². The Morgan fingerprint density at radius 3 is 2.86 bits per heavy atom. The molecule has 29 heavy (non-hydrogen) atoms. The fourth-order valence-corrected chi connectivity index (χ4v) is 4.05. The smallest absolute Gasteiger partial charge is 0.211 e. The molecule has 3 heterocycles. The first kappa shape index (κ1) is 17.5. The minimum absolute atomic E-state index is 0.753. The number of fused-ring (bicyclic) bond motifs is 1. The van der Waals surface area contributed by atoms with E-state index in [1.807, 2.05) is 58.9 Å². The molecule has 0 saturated heterocycles. The molecule has 0 bridgehead atoms. The summed E-state index contributed by atoms with van der Waals surface area (Å²) in [5.74, 6) is 0.753. The second-order valence-electron chi connectivity index (χ2n) is 6.68. The molecule has 0 spiro atoms. The van der Waals surface area contributed by atoms with Gasteiger partial charge in [0.2, 0.25) is 4.80 Å². The van der Waals surface area contributed by atoms with Gasteiger partial charge in [0.1, 0.15) is 5.69 Å². The van der Waals surface area contributed by atoms with Gasteiger partial charge in [-0.05, 0) is 42.8 Å². The summed E-state index contributed by atoms with van der Waals surface area (Å²) < 4.78 is 7.44. The van der Waals surface area contributed by atoms with Crippen LogP contribution in [0.5, 0.6) is 0 Å². The van der Waals surface area contributed by atoms with Crippen LogP contribution < -0.4 is 4.80 Å². The molecule has 5 aromatic rings. The van der Waals surface area contributed by atoms with E-state index in [0.717, 1.165) is 38.4 Å². The molecule has 0 atom stereocenters. The number of para-hydroxylation sites is 1. The molecule has 0 aliphatic carbocycles. The standard InChI is InChI=1S/C23H18N4OS/c1-16-6-4-7-18(12-16)26-23-27(21(15-29-23)22-10-5-11-28-22)25-14-17-13-24-20-9-3-2-8-19(17)20/h2-15,24H,1H3. The van der Waals surface area contributed by atoms with E-state index in [2.05, 4.69) is 36.2 Å². The molecular weight excluding hydrogens is 380 g/mol. The van der Waals surface area contributed by atoms with E-state index in [0.29, 0.717) is 0 Å². The van der Waals surface area contributed by atoms with E-state index >= 15 is 0 Å². The van der Waals surface area contributed by atoms with Crippen molar-refractivity contribution >= 4 is 34.1 Å². The molecule has 0 amide bonds. The molecular formula is C23H18N4OS. The van der Waals surface area contributed by atoms with E-state index in [-0.39, 0.29) is 0 Å². The number of rotatable bonds is 4. The fourth-order valence-electron chi connectivity index (χ4n) is 3.21. The van der Waals surface area contributed by atoms with Crippen molar-refractivity contribution < 1.29 is 4.42 Å². The Morgan fingerprint density at radius 2 is 2.00 bits per heavy atom. The quantitative estimate of drug-likeness (QED) is 0.387. The molecule has 0 aliphatic rings. The number of hydrogen-bond donors (Lipinski definition) is 1. The number of nitrogens with one attached hydrogen (secondary N) is 1. The van der Waals surface area contributed by atoms with Crippen LogP contribution in [-0.4, -0.2) is 15.9 Å². The van der Waals surface area contributed by atoms with Gasteiger partial charge in [-0.3, -0.25) is 0 Å². The zero-order valence-electron chi connectivity index (χ0n) is 15.7. The summed E-state index contributed by atoms with van der Waals surface area (Å²) in [7, 11) is 0. The summed E-state index contributed by atoms with van der Waals surface area (Å²) in [6.07, 6.45) is 5.48. The van der Waals surface area contributed by atoms with Crippen molar-refractivity contribution in [3.63, 3.8) is 0 Å². The number of benzene rings is 2. The minimum atomic E-state index is 0.753. The number of furan rings is 1. The summed E-state index contributed by atoms with van der Waals surface area (Å²) in [5.41, 5.74) is 5.03. The molecule has 1 N–H and O–H groups in total. The number of hydrogen-bond acceptors (Lipinski definition) is 4. The van der Waals surface area contributed by atoms with Crippen molar-refractivity contribution in [3.8, 4) is 11.5 Å². The highest BCUT2D eigenvalue weighted by molar-refractivity contribution is 7.07. The van der Waals surface area contributed by atoms with Crippen LogP contribution in [0.2, 0.25) is 0 Å². The number of nitrogens with zero attached hydrogens (tertiary/aromatic N) is 3. The van der Waals surface area contributed by atoms with Gasteiger partial charge in [-0.2, -0.15) is 5.10 Å². The van der Waals surface area contributed by atoms with Crippen LogP contribution in [0.3, 0.4) is 0 Å². The number of aromatic nitrogens is 2. The largest absolute Gasteiger partial charge is 0.463 e. The minimum Gasteiger partial charge on any atom is -0.463 e. The normalized spacial score (nSPS) is 12.4. The molecule has 0 saturated carbocycles. The van der Waals surface area contributed by atoms with Crippen LogP contribution >= 0.6 is 11.3 Å². The van der Waals surface area contributed by atoms with E-state index in [1.54, 1.807) is 6.26 Å². The monoisotopic (exact) mass is 398 g/mol. The summed E-state index contributed by atoms with van der Waals surface area (Å²) in [6.45, 7) is 2.06.